The summed E-state index contributed by atoms with van der Waals surface area (Å²) in [5.41, 5.74) is -0.461. The fourth-order valence-corrected chi connectivity index (χ4v) is 5.78. The average Bonchev–Trinajstić information content (AvgIpc) is 3.23. The topological polar surface area (TPSA) is 82.3 Å². The molecule has 0 amide bonds. The summed E-state index contributed by atoms with van der Waals surface area (Å²) in [6, 6.07) is 7.23. The van der Waals surface area contributed by atoms with Gasteiger partial charge in [-0.25, -0.2) is 12.8 Å². The number of aromatic amines is 1. The van der Waals surface area contributed by atoms with Crippen molar-refractivity contribution in [2.75, 3.05) is 22.7 Å². The summed E-state index contributed by atoms with van der Waals surface area (Å²) in [6.07, 6.45) is 2.46. The van der Waals surface area contributed by atoms with E-state index in [0.29, 0.717) is 5.39 Å². The van der Waals surface area contributed by atoms with E-state index in [2.05, 4.69) is 28.5 Å². The van der Waals surface area contributed by atoms with Gasteiger partial charge in [-0.15, -0.1) is 11.3 Å². The molecule has 0 saturated carbocycles. The zero-order valence-corrected chi connectivity index (χ0v) is 17.1. The van der Waals surface area contributed by atoms with Gasteiger partial charge in [-0.05, 0) is 47.6 Å². The Morgan fingerprint density at radius 2 is 2.04 bits per heavy atom. The number of pyridine rings is 1. The van der Waals surface area contributed by atoms with E-state index in [9.17, 15) is 17.6 Å². The monoisotopic (exact) mass is 421 g/mol. The number of sulfonamides is 1. The molecule has 2 N–H and O–H groups in total. The molecule has 3 aromatic rings. The third-order valence-corrected chi connectivity index (χ3v) is 7.93. The van der Waals surface area contributed by atoms with Crippen LogP contribution in [0.2, 0.25) is 0 Å². The number of rotatable bonds is 4. The van der Waals surface area contributed by atoms with Crippen molar-refractivity contribution in [3.8, 4) is 0 Å². The average molecular weight is 422 g/mol. The molecular weight excluding hydrogens is 401 g/mol. The molecule has 3 heterocycles. The van der Waals surface area contributed by atoms with Crippen LogP contribution >= 0.6 is 11.3 Å². The molecule has 4 rings (SSSR count). The molecule has 1 aliphatic rings. The van der Waals surface area contributed by atoms with Gasteiger partial charge in [0.05, 0.1) is 10.7 Å². The standard InChI is InChI=1S/C19H20FN3O3S2/c1-19(2)6-8-23(11-19)16-3-4-17(27-16)28(25,26)22-15-10-13-12(9-14(15)20)5-7-21-18(13)24/h3-5,7,9-10,22H,6,8,11H2,1-2H3,(H,21,24). The van der Waals surface area contributed by atoms with Crippen molar-refractivity contribution in [3.05, 3.63) is 52.7 Å². The largest absolute Gasteiger partial charge is 0.363 e. The van der Waals surface area contributed by atoms with Gasteiger partial charge in [0, 0.05) is 24.7 Å². The molecule has 2 aromatic heterocycles. The van der Waals surface area contributed by atoms with Crippen LogP contribution in [-0.2, 0) is 10.0 Å². The third kappa shape index (κ3) is 3.51. The lowest BCUT2D eigenvalue weighted by Gasteiger charge is -2.19. The Morgan fingerprint density at radius 3 is 2.75 bits per heavy atom. The number of nitrogens with zero attached hydrogens (tertiary/aromatic N) is 1. The number of hydrogen-bond donors (Lipinski definition) is 2. The molecular formula is C19H20FN3O3S2. The minimum Gasteiger partial charge on any atom is -0.363 e. The number of thiophene rings is 1. The summed E-state index contributed by atoms with van der Waals surface area (Å²) in [5, 5.41) is 1.49. The zero-order valence-electron chi connectivity index (χ0n) is 15.5. The Bertz CT molecular complexity index is 1210. The summed E-state index contributed by atoms with van der Waals surface area (Å²) in [6.45, 7) is 6.11. The van der Waals surface area contributed by atoms with E-state index < -0.39 is 21.4 Å². The second kappa shape index (κ2) is 6.59. The molecule has 1 fully saturated rings. The van der Waals surface area contributed by atoms with E-state index in [0.717, 1.165) is 41.9 Å². The van der Waals surface area contributed by atoms with Gasteiger partial charge in [-0.1, -0.05) is 13.8 Å². The van der Waals surface area contributed by atoms with Crippen LogP contribution in [0.4, 0.5) is 15.1 Å². The van der Waals surface area contributed by atoms with Gasteiger partial charge < -0.3 is 9.88 Å². The summed E-state index contributed by atoms with van der Waals surface area (Å²) in [7, 11) is -3.97. The SMILES string of the molecule is CC1(C)CCN(c2ccc(S(=O)(=O)Nc3cc4c(=O)[nH]ccc4cc3F)s2)C1. The fourth-order valence-electron chi connectivity index (χ4n) is 3.41. The van der Waals surface area contributed by atoms with Crippen molar-refractivity contribution in [2.45, 2.75) is 24.5 Å². The Hall–Kier alpha value is -2.39. The summed E-state index contributed by atoms with van der Waals surface area (Å²) in [4.78, 5) is 16.6. The van der Waals surface area contributed by atoms with E-state index in [1.54, 1.807) is 12.1 Å². The molecule has 0 spiro atoms. The Kier molecular flexibility index (Phi) is 4.46. The minimum absolute atomic E-state index is 0.105. The predicted molar refractivity (Wildman–Crippen MR) is 110 cm³/mol. The lowest BCUT2D eigenvalue weighted by atomic mass is 9.93. The van der Waals surface area contributed by atoms with Gasteiger partial charge in [-0.3, -0.25) is 9.52 Å². The molecule has 28 heavy (non-hydrogen) atoms. The van der Waals surface area contributed by atoms with Crippen LogP contribution in [0.15, 0.2) is 45.5 Å². The predicted octanol–water partition coefficient (Wildman–Crippen LogP) is 3.77. The molecule has 0 bridgehead atoms. The molecule has 148 valence electrons. The van der Waals surface area contributed by atoms with Crippen LogP contribution in [0.3, 0.4) is 0 Å². The molecule has 0 aliphatic carbocycles. The first kappa shape index (κ1) is 18.9. The number of nitrogens with one attached hydrogen (secondary N) is 2. The molecule has 6 nitrogen and oxygen atoms in total. The maximum absolute atomic E-state index is 14.4. The maximum Gasteiger partial charge on any atom is 0.271 e. The van der Waals surface area contributed by atoms with Crippen LogP contribution in [0.1, 0.15) is 20.3 Å². The number of halogens is 1. The number of aromatic nitrogens is 1. The van der Waals surface area contributed by atoms with Gasteiger partial charge in [0.25, 0.3) is 15.6 Å². The van der Waals surface area contributed by atoms with Gasteiger partial charge in [0.15, 0.2) is 0 Å². The van der Waals surface area contributed by atoms with E-state index in [1.165, 1.54) is 18.3 Å². The van der Waals surface area contributed by atoms with E-state index in [4.69, 9.17) is 0 Å². The van der Waals surface area contributed by atoms with Crippen molar-refractivity contribution in [2.24, 2.45) is 5.41 Å². The minimum atomic E-state index is -3.97. The van der Waals surface area contributed by atoms with Crippen LogP contribution in [0, 0.1) is 11.2 Å². The molecule has 1 saturated heterocycles. The Labute approximate surface area is 166 Å². The van der Waals surface area contributed by atoms with Crippen molar-refractivity contribution in [1.82, 2.24) is 4.98 Å². The van der Waals surface area contributed by atoms with Gasteiger partial charge in [0.2, 0.25) is 0 Å². The molecule has 1 aromatic carbocycles. The zero-order chi connectivity index (χ0) is 20.1. The lowest BCUT2D eigenvalue weighted by molar-refractivity contribution is 0.419. The van der Waals surface area contributed by atoms with Crippen molar-refractivity contribution >= 4 is 42.8 Å². The highest BCUT2D eigenvalue weighted by atomic mass is 32.2. The quantitative estimate of drug-likeness (QED) is 0.672. The number of anilines is 2. The summed E-state index contributed by atoms with van der Waals surface area (Å²) < 4.78 is 42.3. The first-order valence-electron chi connectivity index (χ1n) is 8.83. The van der Waals surface area contributed by atoms with Gasteiger partial charge in [-0.2, -0.15) is 0 Å². The van der Waals surface area contributed by atoms with Crippen LogP contribution in [0.5, 0.6) is 0 Å². The highest BCUT2D eigenvalue weighted by molar-refractivity contribution is 7.94. The van der Waals surface area contributed by atoms with E-state index in [-0.39, 0.29) is 20.7 Å². The van der Waals surface area contributed by atoms with Crippen molar-refractivity contribution in [1.29, 1.82) is 0 Å². The smallest absolute Gasteiger partial charge is 0.271 e. The Morgan fingerprint density at radius 1 is 1.25 bits per heavy atom. The van der Waals surface area contributed by atoms with Crippen LogP contribution < -0.4 is 15.2 Å². The molecule has 0 radical (unpaired) electrons. The third-order valence-electron chi connectivity index (χ3n) is 4.93. The maximum atomic E-state index is 14.4. The molecule has 0 atom stereocenters. The first-order chi connectivity index (χ1) is 13.1. The number of benzene rings is 1. The highest BCUT2D eigenvalue weighted by Crippen LogP contribution is 2.37. The highest BCUT2D eigenvalue weighted by Gasteiger charge is 2.31. The number of fused-ring (bicyclic) bond motifs is 1. The van der Waals surface area contributed by atoms with Gasteiger partial charge >= 0.3 is 0 Å². The molecule has 9 heteroatoms. The van der Waals surface area contributed by atoms with E-state index in [1.807, 2.05) is 0 Å². The van der Waals surface area contributed by atoms with Crippen LogP contribution in [-0.4, -0.2) is 26.5 Å². The summed E-state index contributed by atoms with van der Waals surface area (Å²) in [5.74, 6) is -0.736. The summed E-state index contributed by atoms with van der Waals surface area (Å²) >= 11 is 1.15. The normalized spacial score (nSPS) is 16.6. The first-order valence-corrected chi connectivity index (χ1v) is 11.1. The van der Waals surface area contributed by atoms with Crippen molar-refractivity contribution < 1.29 is 12.8 Å². The molecule has 1 aliphatic heterocycles. The number of H-pyrrole nitrogens is 1. The van der Waals surface area contributed by atoms with Crippen LogP contribution in [0.25, 0.3) is 10.8 Å². The van der Waals surface area contributed by atoms with Crippen molar-refractivity contribution in [3.63, 3.8) is 0 Å². The molecule has 0 unspecified atom stereocenters. The van der Waals surface area contributed by atoms with E-state index >= 15 is 0 Å². The second-order valence-corrected chi connectivity index (χ2v) is 10.7. The fraction of sp³-hybridized carbons (Fsp3) is 0.316. The van der Waals surface area contributed by atoms with Gasteiger partial charge in [0.1, 0.15) is 10.0 Å². The lowest BCUT2D eigenvalue weighted by Crippen LogP contribution is -2.21. The number of hydrogen-bond acceptors (Lipinski definition) is 5. The second-order valence-electron chi connectivity index (χ2n) is 7.76. The Balaban J connectivity index is 1.63.